The van der Waals surface area contributed by atoms with Gasteiger partial charge in [-0.25, -0.2) is 9.97 Å². The van der Waals surface area contributed by atoms with Crippen LogP contribution in [0.3, 0.4) is 0 Å². The quantitative estimate of drug-likeness (QED) is 0.749. The number of hydrogen-bond acceptors (Lipinski definition) is 5. The number of aromatic nitrogens is 3. The molecule has 1 aliphatic heterocycles. The molecule has 6 nitrogen and oxygen atoms in total. The lowest BCUT2D eigenvalue weighted by molar-refractivity contribution is -0.0590. The fourth-order valence-electron chi connectivity index (χ4n) is 3.47. The van der Waals surface area contributed by atoms with Crippen LogP contribution in [0.1, 0.15) is 36.3 Å². The minimum Gasteiger partial charge on any atom is -0.386 e. The highest BCUT2D eigenvalue weighted by Gasteiger charge is 2.33. The number of ether oxygens (including phenoxy) is 1. The van der Waals surface area contributed by atoms with Gasteiger partial charge in [0.2, 0.25) is 0 Å². The van der Waals surface area contributed by atoms with E-state index >= 15 is 0 Å². The number of rotatable bonds is 3. The number of aryl methyl sites for hydroxylation is 1. The van der Waals surface area contributed by atoms with E-state index in [2.05, 4.69) is 9.97 Å². The standard InChI is InChI=1S/C18H19ClN4O2/c1-10-8-23(18-15(10)17(20)21-9-22-18)14-7-6-13(25-14)16(24)11-2-4-12(19)5-3-11/h2-5,8-9,13-14,16,24H,6-7H2,1H3,(H2,20,21,22). The maximum Gasteiger partial charge on any atom is 0.147 e. The summed E-state index contributed by atoms with van der Waals surface area (Å²) < 4.78 is 8.12. The molecule has 1 aliphatic rings. The Morgan fingerprint density at radius 2 is 2.04 bits per heavy atom. The van der Waals surface area contributed by atoms with Gasteiger partial charge in [0.15, 0.2) is 0 Å². The van der Waals surface area contributed by atoms with Crippen LogP contribution in [0, 0.1) is 6.92 Å². The molecule has 7 heteroatoms. The van der Waals surface area contributed by atoms with Crippen LogP contribution in [0.25, 0.3) is 11.0 Å². The molecule has 25 heavy (non-hydrogen) atoms. The van der Waals surface area contributed by atoms with Crippen molar-refractivity contribution in [2.75, 3.05) is 5.73 Å². The Balaban J connectivity index is 1.59. The predicted molar refractivity (Wildman–Crippen MR) is 96.2 cm³/mol. The summed E-state index contributed by atoms with van der Waals surface area (Å²) >= 11 is 5.91. The summed E-state index contributed by atoms with van der Waals surface area (Å²) in [6.45, 7) is 1.98. The van der Waals surface area contributed by atoms with Gasteiger partial charge < -0.3 is 20.1 Å². The van der Waals surface area contributed by atoms with Crippen LogP contribution < -0.4 is 5.73 Å². The zero-order valence-corrected chi connectivity index (χ0v) is 14.5. The van der Waals surface area contributed by atoms with Gasteiger partial charge in [-0.2, -0.15) is 0 Å². The van der Waals surface area contributed by atoms with Gasteiger partial charge in [-0.05, 0) is 43.0 Å². The van der Waals surface area contributed by atoms with Gasteiger partial charge in [0, 0.05) is 11.2 Å². The van der Waals surface area contributed by atoms with Crippen molar-refractivity contribution in [3.8, 4) is 0 Å². The van der Waals surface area contributed by atoms with Gasteiger partial charge in [0.05, 0.1) is 11.5 Å². The van der Waals surface area contributed by atoms with Crippen LogP contribution in [0.5, 0.6) is 0 Å². The maximum absolute atomic E-state index is 10.6. The molecule has 0 aliphatic carbocycles. The van der Waals surface area contributed by atoms with E-state index < -0.39 is 6.10 Å². The van der Waals surface area contributed by atoms with Crippen LogP contribution >= 0.6 is 11.6 Å². The van der Waals surface area contributed by atoms with Gasteiger partial charge >= 0.3 is 0 Å². The molecule has 2 aromatic heterocycles. The fraction of sp³-hybridized carbons (Fsp3) is 0.333. The summed E-state index contributed by atoms with van der Waals surface area (Å²) in [5.74, 6) is 0.469. The van der Waals surface area contributed by atoms with E-state index in [0.29, 0.717) is 10.8 Å². The molecule has 0 bridgehead atoms. The van der Waals surface area contributed by atoms with E-state index in [-0.39, 0.29) is 12.3 Å². The number of nitrogens with zero attached hydrogens (tertiary/aromatic N) is 3. The highest BCUT2D eigenvalue weighted by atomic mass is 35.5. The molecule has 0 spiro atoms. The molecule has 4 rings (SSSR count). The van der Waals surface area contributed by atoms with E-state index in [0.717, 1.165) is 35.0 Å². The minimum atomic E-state index is -0.690. The van der Waals surface area contributed by atoms with E-state index in [4.69, 9.17) is 22.1 Å². The molecule has 130 valence electrons. The molecule has 1 fully saturated rings. The van der Waals surface area contributed by atoms with Gasteiger partial charge in [-0.15, -0.1) is 0 Å². The zero-order chi connectivity index (χ0) is 17.6. The highest BCUT2D eigenvalue weighted by Crippen LogP contribution is 2.38. The second kappa shape index (κ2) is 6.29. The molecule has 3 N–H and O–H groups in total. The molecule has 0 amide bonds. The molecule has 3 unspecified atom stereocenters. The number of fused-ring (bicyclic) bond motifs is 1. The molecule has 3 heterocycles. The predicted octanol–water partition coefficient (Wildman–Crippen LogP) is 3.39. The average Bonchev–Trinajstić information content (AvgIpc) is 3.21. The first-order chi connectivity index (χ1) is 12.0. The number of nitrogens with two attached hydrogens (primary N) is 1. The maximum atomic E-state index is 10.6. The van der Waals surface area contributed by atoms with Crippen LogP contribution in [0.4, 0.5) is 5.82 Å². The lowest BCUT2D eigenvalue weighted by Crippen LogP contribution is -2.19. The number of anilines is 1. The fourth-order valence-corrected chi connectivity index (χ4v) is 3.60. The molecule has 3 aromatic rings. The summed E-state index contributed by atoms with van der Waals surface area (Å²) in [4.78, 5) is 8.42. The van der Waals surface area contributed by atoms with Crippen molar-refractivity contribution < 1.29 is 9.84 Å². The Kier molecular flexibility index (Phi) is 4.11. The number of aliphatic hydroxyl groups excluding tert-OH is 1. The number of benzene rings is 1. The molecule has 1 aromatic carbocycles. The topological polar surface area (TPSA) is 86.2 Å². The number of nitrogen functional groups attached to an aromatic ring is 1. The summed E-state index contributed by atoms with van der Waals surface area (Å²) in [5, 5.41) is 12.1. The Labute approximate surface area is 150 Å². The van der Waals surface area contributed by atoms with E-state index in [9.17, 15) is 5.11 Å². The minimum absolute atomic E-state index is 0.183. The first-order valence-corrected chi connectivity index (χ1v) is 8.59. The summed E-state index contributed by atoms with van der Waals surface area (Å²) in [6.07, 6.45) is 3.85. The number of hydrogen-bond donors (Lipinski definition) is 2. The number of aliphatic hydroxyl groups is 1. The average molecular weight is 359 g/mol. The second-order valence-corrected chi connectivity index (χ2v) is 6.82. The van der Waals surface area contributed by atoms with Crippen molar-refractivity contribution >= 4 is 28.5 Å². The van der Waals surface area contributed by atoms with Gasteiger partial charge in [-0.3, -0.25) is 0 Å². The van der Waals surface area contributed by atoms with Crippen LogP contribution in [-0.4, -0.2) is 25.7 Å². The Hall–Kier alpha value is -2.15. The monoisotopic (exact) mass is 358 g/mol. The molecular weight excluding hydrogens is 340 g/mol. The normalized spacial score (nSPS) is 21.7. The zero-order valence-electron chi connectivity index (χ0n) is 13.8. The first kappa shape index (κ1) is 16.3. The highest BCUT2D eigenvalue weighted by molar-refractivity contribution is 6.30. The Morgan fingerprint density at radius 1 is 1.28 bits per heavy atom. The molecular formula is C18H19ClN4O2. The van der Waals surface area contributed by atoms with Crippen molar-refractivity contribution in [1.29, 1.82) is 0 Å². The van der Waals surface area contributed by atoms with Crippen LogP contribution in [0.2, 0.25) is 5.02 Å². The van der Waals surface area contributed by atoms with Crippen molar-refractivity contribution in [3.05, 3.63) is 52.9 Å². The van der Waals surface area contributed by atoms with Crippen LogP contribution in [0.15, 0.2) is 36.8 Å². The number of halogens is 1. The van der Waals surface area contributed by atoms with E-state index in [1.807, 2.05) is 29.8 Å². The summed E-state index contributed by atoms with van der Waals surface area (Å²) in [5.41, 5.74) is 8.55. The van der Waals surface area contributed by atoms with Crippen molar-refractivity contribution in [3.63, 3.8) is 0 Å². The van der Waals surface area contributed by atoms with Crippen molar-refractivity contribution in [2.45, 2.75) is 38.2 Å². The van der Waals surface area contributed by atoms with Gasteiger partial charge in [0.25, 0.3) is 0 Å². The van der Waals surface area contributed by atoms with Crippen LogP contribution in [-0.2, 0) is 4.74 Å². The smallest absolute Gasteiger partial charge is 0.147 e. The third-order valence-corrected chi connectivity index (χ3v) is 4.98. The molecule has 1 saturated heterocycles. The largest absolute Gasteiger partial charge is 0.386 e. The van der Waals surface area contributed by atoms with E-state index in [1.165, 1.54) is 6.33 Å². The molecule has 3 atom stereocenters. The van der Waals surface area contributed by atoms with Gasteiger partial charge in [-0.1, -0.05) is 23.7 Å². The first-order valence-electron chi connectivity index (χ1n) is 8.21. The second-order valence-electron chi connectivity index (χ2n) is 6.38. The lowest BCUT2D eigenvalue weighted by Gasteiger charge is -2.20. The third kappa shape index (κ3) is 2.86. The molecule has 0 radical (unpaired) electrons. The summed E-state index contributed by atoms with van der Waals surface area (Å²) in [7, 11) is 0. The third-order valence-electron chi connectivity index (χ3n) is 4.73. The van der Waals surface area contributed by atoms with Crippen molar-refractivity contribution in [2.24, 2.45) is 0 Å². The Morgan fingerprint density at radius 3 is 2.80 bits per heavy atom. The lowest BCUT2D eigenvalue weighted by atomic mass is 10.0. The Bertz CT molecular complexity index is 909. The van der Waals surface area contributed by atoms with E-state index in [1.54, 1.807) is 12.1 Å². The molecule has 0 saturated carbocycles. The SMILES string of the molecule is Cc1cn(C2CCC(C(O)c3ccc(Cl)cc3)O2)c2ncnc(N)c12. The van der Waals surface area contributed by atoms with Gasteiger partial charge in [0.1, 0.15) is 30.1 Å². The summed E-state index contributed by atoms with van der Waals surface area (Å²) in [6, 6.07) is 7.20. The van der Waals surface area contributed by atoms with Crippen molar-refractivity contribution in [1.82, 2.24) is 14.5 Å².